The zero-order valence-electron chi connectivity index (χ0n) is 20.5. The minimum atomic E-state index is -1.78. The Balaban J connectivity index is 2.15. The van der Waals surface area contributed by atoms with Crippen molar-refractivity contribution < 1.29 is 28.7 Å². The van der Waals surface area contributed by atoms with Crippen molar-refractivity contribution in [3.05, 3.63) is 59.2 Å². The van der Waals surface area contributed by atoms with Crippen LogP contribution in [0.2, 0.25) is 0 Å². The number of hydrogen-bond donors (Lipinski definition) is 1. The largest absolute Gasteiger partial charge is 0.497 e. The second kappa shape index (κ2) is 11.3. The zero-order chi connectivity index (χ0) is 26.6. The minimum absolute atomic E-state index is 0.0301. The summed E-state index contributed by atoms with van der Waals surface area (Å²) in [6, 6.07) is 9.92. The molecule has 3 amide bonds. The van der Waals surface area contributed by atoms with Gasteiger partial charge in [0, 0.05) is 17.6 Å². The van der Waals surface area contributed by atoms with Gasteiger partial charge in [0.05, 0.1) is 18.2 Å². The highest BCUT2D eigenvalue weighted by Crippen LogP contribution is 2.38. The summed E-state index contributed by atoms with van der Waals surface area (Å²) < 4.78 is 5.20. The van der Waals surface area contributed by atoms with E-state index in [9.17, 15) is 24.0 Å². The van der Waals surface area contributed by atoms with Gasteiger partial charge in [0.15, 0.2) is 10.9 Å². The molecule has 0 fully saturated rings. The van der Waals surface area contributed by atoms with E-state index in [0.29, 0.717) is 22.6 Å². The van der Waals surface area contributed by atoms with E-state index in [1.807, 2.05) is 6.92 Å². The second-order valence-corrected chi connectivity index (χ2v) is 10.4. The van der Waals surface area contributed by atoms with E-state index >= 15 is 0 Å². The molecule has 36 heavy (non-hydrogen) atoms. The van der Waals surface area contributed by atoms with Gasteiger partial charge in [-0.2, -0.15) is 11.8 Å². The van der Waals surface area contributed by atoms with Gasteiger partial charge < -0.3 is 10.5 Å². The monoisotopic (exact) mass is 528 g/mol. The fraction of sp³-hybridized carbons (Fsp3) is 0.346. The van der Waals surface area contributed by atoms with Gasteiger partial charge in [-0.3, -0.25) is 28.9 Å². The summed E-state index contributed by atoms with van der Waals surface area (Å²) in [7, 11) is 1.50. The number of ether oxygens (including phenoxy) is 1. The number of methoxy groups -OCH3 is 1. The highest BCUT2D eigenvalue weighted by molar-refractivity contribution is 8.13. The summed E-state index contributed by atoms with van der Waals surface area (Å²) in [6.45, 7) is 3.19. The van der Waals surface area contributed by atoms with Crippen molar-refractivity contribution in [3.63, 3.8) is 0 Å². The maximum absolute atomic E-state index is 14.3. The number of benzene rings is 2. The molecule has 8 nitrogen and oxygen atoms in total. The first-order valence-corrected chi connectivity index (χ1v) is 13.5. The molecule has 0 saturated carbocycles. The average molecular weight is 529 g/mol. The highest BCUT2D eigenvalue weighted by Gasteiger charge is 2.53. The molecule has 0 aliphatic carbocycles. The summed E-state index contributed by atoms with van der Waals surface area (Å²) in [4.78, 5) is 67.4. The third-order valence-electron chi connectivity index (χ3n) is 6.12. The summed E-state index contributed by atoms with van der Waals surface area (Å²) >= 11 is 2.12. The Morgan fingerprint density at radius 2 is 1.75 bits per heavy atom. The van der Waals surface area contributed by atoms with Crippen LogP contribution in [0.15, 0.2) is 47.4 Å². The van der Waals surface area contributed by atoms with Crippen LogP contribution in [-0.2, 0) is 19.8 Å². The second-order valence-electron chi connectivity index (χ2n) is 8.35. The molecule has 0 saturated heterocycles. The van der Waals surface area contributed by atoms with Crippen LogP contribution in [0.5, 0.6) is 5.75 Å². The van der Waals surface area contributed by atoms with Crippen LogP contribution in [0.25, 0.3) is 0 Å². The summed E-state index contributed by atoms with van der Waals surface area (Å²) in [5.41, 5.74) is 4.69. The van der Waals surface area contributed by atoms with E-state index in [2.05, 4.69) is 0 Å². The first kappa shape index (κ1) is 27.5. The smallest absolute Gasteiger partial charge is 0.263 e. The molecule has 2 unspecified atom stereocenters. The van der Waals surface area contributed by atoms with Crippen LogP contribution in [0, 0.1) is 0 Å². The van der Waals surface area contributed by atoms with Crippen LogP contribution in [0.1, 0.15) is 53.0 Å². The Hall–Kier alpha value is -3.11. The van der Waals surface area contributed by atoms with Crippen LogP contribution in [0.3, 0.4) is 0 Å². The molecule has 1 aliphatic heterocycles. The average Bonchev–Trinajstić information content (AvgIpc) is 3.10. The van der Waals surface area contributed by atoms with Gasteiger partial charge in [-0.1, -0.05) is 43.3 Å². The molecule has 3 rings (SSSR count). The molecule has 2 aromatic carbocycles. The van der Waals surface area contributed by atoms with Crippen LogP contribution in [-0.4, -0.2) is 58.7 Å². The molecule has 2 atom stereocenters. The van der Waals surface area contributed by atoms with Crippen LogP contribution >= 0.6 is 23.5 Å². The molecule has 2 N–H and O–H groups in total. The lowest BCUT2D eigenvalue weighted by atomic mass is 9.74. The standard InChI is InChI=1S/C26H28N2O6S2/c1-5-7-19(28-23(31)18-8-6-9-20(36-15(2)29)21(18)24(28)32)22(30)26(14-35-4,25(27)33)16-10-12-17(34-3)13-11-16/h6,8-13,19H,5,7,14H2,1-4H3,(H2,27,33). The van der Waals surface area contributed by atoms with Gasteiger partial charge in [0.1, 0.15) is 17.2 Å². The number of Topliss-reactive ketones (excluding diaryl/α,β-unsaturated/α-hetero) is 1. The number of carbonyl (C=O) groups excluding carboxylic acids is 5. The summed E-state index contributed by atoms with van der Waals surface area (Å²) in [5, 5.41) is -0.240. The molecule has 2 aromatic rings. The minimum Gasteiger partial charge on any atom is -0.497 e. The number of primary amides is 1. The molecule has 10 heteroatoms. The molecule has 0 bridgehead atoms. The first-order chi connectivity index (χ1) is 17.1. The summed E-state index contributed by atoms with van der Waals surface area (Å²) in [6.07, 6.45) is 2.37. The first-order valence-electron chi connectivity index (χ1n) is 11.3. The number of fused-ring (bicyclic) bond motifs is 1. The van der Waals surface area contributed by atoms with E-state index in [4.69, 9.17) is 10.5 Å². The highest BCUT2D eigenvalue weighted by atomic mass is 32.2. The topological polar surface area (TPSA) is 124 Å². The fourth-order valence-electron chi connectivity index (χ4n) is 4.45. The van der Waals surface area contributed by atoms with E-state index < -0.39 is 35.0 Å². The van der Waals surface area contributed by atoms with E-state index in [0.717, 1.165) is 16.7 Å². The molecule has 0 spiro atoms. The van der Waals surface area contributed by atoms with Gasteiger partial charge in [0.25, 0.3) is 11.8 Å². The fourth-order valence-corrected chi connectivity index (χ4v) is 6.09. The number of rotatable bonds is 11. The normalized spacial score (nSPS) is 15.3. The van der Waals surface area contributed by atoms with Crippen molar-refractivity contribution in [2.75, 3.05) is 19.1 Å². The van der Waals surface area contributed by atoms with Gasteiger partial charge >= 0.3 is 0 Å². The predicted octanol–water partition coefficient (Wildman–Crippen LogP) is 3.45. The number of nitrogens with zero attached hydrogens (tertiary/aromatic N) is 1. The lowest BCUT2D eigenvalue weighted by Gasteiger charge is -2.35. The molecule has 190 valence electrons. The number of ketones is 1. The molecule has 1 aliphatic rings. The van der Waals surface area contributed by atoms with E-state index in [1.165, 1.54) is 31.9 Å². The molecular formula is C26H28N2O6S2. The van der Waals surface area contributed by atoms with E-state index in [-0.39, 0.29) is 28.4 Å². The molecular weight excluding hydrogens is 500 g/mol. The number of imide groups is 1. The van der Waals surface area contributed by atoms with Crippen molar-refractivity contribution in [2.45, 2.75) is 43.0 Å². The van der Waals surface area contributed by atoms with Gasteiger partial charge in [-0.15, -0.1) is 0 Å². The van der Waals surface area contributed by atoms with Gasteiger partial charge in [0.2, 0.25) is 5.91 Å². The Morgan fingerprint density at radius 3 is 2.28 bits per heavy atom. The SMILES string of the molecule is CCCC(C(=O)C(CSC)(C(N)=O)c1ccc(OC)cc1)N1C(=O)c2cccc(SC(C)=O)c2C1=O. The lowest BCUT2D eigenvalue weighted by molar-refractivity contribution is -0.136. The van der Waals surface area contributed by atoms with Crippen molar-refractivity contribution in [3.8, 4) is 5.75 Å². The number of nitrogens with two attached hydrogens (primary N) is 1. The van der Waals surface area contributed by atoms with Crippen molar-refractivity contribution >= 4 is 52.1 Å². The third-order valence-corrected chi connectivity index (χ3v) is 7.69. The van der Waals surface area contributed by atoms with Gasteiger partial charge in [-0.05, 0) is 42.5 Å². The van der Waals surface area contributed by atoms with Crippen LogP contribution in [0.4, 0.5) is 0 Å². The number of carbonyl (C=O) groups is 5. The summed E-state index contributed by atoms with van der Waals surface area (Å²) in [5.74, 6) is -2.21. The third kappa shape index (κ3) is 4.79. The predicted molar refractivity (Wildman–Crippen MR) is 139 cm³/mol. The molecule has 0 aromatic heterocycles. The van der Waals surface area contributed by atoms with Crippen molar-refractivity contribution in [1.82, 2.24) is 4.90 Å². The number of amides is 3. The number of thioether (sulfide) groups is 2. The van der Waals surface area contributed by atoms with Crippen LogP contribution < -0.4 is 10.5 Å². The Morgan fingerprint density at radius 1 is 1.08 bits per heavy atom. The molecule has 0 radical (unpaired) electrons. The maximum Gasteiger partial charge on any atom is 0.263 e. The Labute approximate surface area is 218 Å². The van der Waals surface area contributed by atoms with E-state index in [1.54, 1.807) is 42.7 Å². The maximum atomic E-state index is 14.3. The number of hydrogen-bond acceptors (Lipinski definition) is 8. The lowest BCUT2D eigenvalue weighted by Crippen LogP contribution is -2.58. The van der Waals surface area contributed by atoms with Crippen molar-refractivity contribution in [2.24, 2.45) is 5.73 Å². The van der Waals surface area contributed by atoms with Crippen molar-refractivity contribution in [1.29, 1.82) is 0 Å². The van der Waals surface area contributed by atoms with Gasteiger partial charge in [-0.25, -0.2) is 0 Å². The molecule has 1 heterocycles. The Kier molecular flexibility index (Phi) is 8.63. The zero-order valence-corrected chi connectivity index (χ0v) is 22.2. The Bertz CT molecular complexity index is 1210. The quantitative estimate of drug-likeness (QED) is 0.267.